The standard InChI is InChI=1S/C35H38N4O7S/c1-35(2,3)36-34(41)32(22-26-13-7-5-8-14-26)37(24-27-15-11-18-30(21-27)46-4)33(40)25-38(28-16-12-17-29(23-28)39(42)43)47(44,45)31-19-9-6-10-20-31/h5-21,23,32H,22,24-25H2,1-4H3,(H,36,41). The van der Waals surface area contributed by atoms with E-state index in [0.29, 0.717) is 11.3 Å². The first-order valence-corrected chi connectivity index (χ1v) is 16.3. The van der Waals surface area contributed by atoms with Crippen molar-refractivity contribution >= 4 is 33.2 Å². The molecule has 1 unspecified atom stereocenters. The second-order valence-electron chi connectivity index (χ2n) is 11.9. The summed E-state index contributed by atoms with van der Waals surface area (Å²) in [6.45, 7) is 4.69. The van der Waals surface area contributed by atoms with Crippen molar-refractivity contribution in [1.82, 2.24) is 10.2 Å². The highest BCUT2D eigenvalue weighted by molar-refractivity contribution is 7.92. The second-order valence-corrected chi connectivity index (χ2v) is 13.8. The molecule has 0 aliphatic heterocycles. The fraction of sp³-hybridized carbons (Fsp3) is 0.257. The molecule has 0 spiro atoms. The summed E-state index contributed by atoms with van der Waals surface area (Å²) in [5.41, 5.74) is 0.381. The van der Waals surface area contributed by atoms with Crippen LogP contribution >= 0.6 is 0 Å². The number of anilines is 1. The van der Waals surface area contributed by atoms with Crippen LogP contribution in [0.2, 0.25) is 0 Å². The van der Waals surface area contributed by atoms with E-state index in [1.807, 2.05) is 51.1 Å². The summed E-state index contributed by atoms with van der Waals surface area (Å²) in [6, 6.07) is 27.8. The summed E-state index contributed by atoms with van der Waals surface area (Å²) in [4.78, 5) is 40.8. The van der Waals surface area contributed by atoms with Gasteiger partial charge in [0, 0.05) is 30.6 Å². The third kappa shape index (κ3) is 9.17. The Labute approximate surface area is 275 Å². The number of hydrogen-bond donors (Lipinski definition) is 1. The lowest BCUT2D eigenvalue weighted by Gasteiger charge is -2.35. The van der Waals surface area contributed by atoms with Crippen LogP contribution in [-0.2, 0) is 32.6 Å². The molecule has 1 atom stereocenters. The summed E-state index contributed by atoms with van der Waals surface area (Å²) in [6.07, 6.45) is 0.140. The van der Waals surface area contributed by atoms with Crippen LogP contribution in [0.5, 0.6) is 5.75 Å². The zero-order chi connectivity index (χ0) is 34.2. The molecule has 0 bridgehead atoms. The van der Waals surface area contributed by atoms with E-state index in [9.17, 15) is 28.1 Å². The molecule has 4 aromatic rings. The fourth-order valence-corrected chi connectivity index (χ4v) is 6.41. The molecular formula is C35H38N4O7S. The van der Waals surface area contributed by atoms with E-state index in [-0.39, 0.29) is 29.2 Å². The monoisotopic (exact) mass is 658 g/mol. The Hall–Kier alpha value is -5.23. The molecule has 0 fully saturated rings. The smallest absolute Gasteiger partial charge is 0.271 e. The number of nitrogens with zero attached hydrogens (tertiary/aromatic N) is 3. The number of hydrogen-bond acceptors (Lipinski definition) is 7. The number of ether oxygens (including phenoxy) is 1. The molecule has 0 radical (unpaired) electrons. The third-order valence-electron chi connectivity index (χ3n) is 7.19. The molecule has 246 valence electrons. The number of benzene rings is 4. The Morgan fingerprint density at radius 1 is 0.872 bits per heavy atom. The molecular weight excluding hydrogens is 620 g/mol. The van der Waals surface area contributed by atoms with Gasteiger partial charge < -0.3 is 15.0 Å². The summed E-state index contributed by atoms with van der Waals surface area (Å²) >= 11 is 0. The zero-order valence-electron chi connectivity index (χ0n) is 26.7. The van der Waals surface area contributed by atoms with Gasteiger partial charge in [0.1, 0.15) is 18.3 Å². The van der Waals surface area contributed by atoms with E-state index < -0.39 is 44.9 Å². The van der Waals surface area contributed by atoms with Crippen LogP contribution < -0.4 is 14.4 Å². The number of amides is 2. The number of carbonyl (C=O) groups excluding carboxylic acids is 2. The average Bonchev–Trinajstić information content (AvgIpc) is 3.05. The van der Waals surface area contributed by atoms with Crippen molar-refractivity contribution < 1.29 is 27.7 Å². The van der Waals surface area contributed by atoms with Crippen LogP contribution in [0.3, 0.4) is 0 Å². The van der Waals surface area contributed by atoms with Crippen molar-refractivity contribution in [2.24, 2.45) is 0 Å². The minimum Gasteiger partial charge on any atom is -0.497 e. The van der Waals surface area contributed by atoms with Gasteiger partial charge in [0.15, 0.2) is 0 Å². The molecule has 0 aliphatic carbocycles. The number of nitro groups is 1. The van der Waals surface area contributed by atoms with Crippen LogP contribution in [0.15, 0.2) is 114 Å². The molecule has 4 rings (SSSR count). The maximum Gasteiger partial charge on any atom is 0.271 e. The lowest BCUT2D eigenvalue weighted by molar-refractivity contribution is -0.384. The van der Waals surface area contributed by atoms with E-state index in [2.05, 4.69) is 5.32 Å². The van der Waals surface area contributed by atoms with Gasteiger partial charge >= 0.3 is 0 Å². The molecule has 0 heterocycles. The summed E-state index contributed by atoms with van der Waals surface area (Å²) < 4.78 is 34.4. The van der Waals surface area contributed by atoms with Crippen molar-refractivity contribution in [2.75, 3.05) is 18.0 Å². The summed E-state index contributed by atoms with van der Waals surface area (Å²) in [7, 11) is -2.88. The highest BCUT2D eigenvalue weighted by Gasteiger charge is 2.36. The first kappa shape index (κ1) is 34.6. The fourth-order valence-electron chi connectivity index (χ4n) is 4.98. The molecule has 4 aromatic carbocycles. The maximum absolute atomic E-state index is 14.6. The number of nitrogens with one attached hydrogen (secondary N) is 1. The largest absolute Gasteiger partial charge is 0.497 e. The Kier molecular flexibility index (Phi) is 11.0. The minimum absolute atomic E-state index is 0.0563. The van der Waals surface area contributed by atoms with Gasteiger partial charge in [-0.2, -0.15) is 0 Å². The van der Waals surface area contributed by atoms with E-state index in [1.54, 1.807) is 42.5 Å². The van der Waals surface area contributed by atoms with Crippen molar-refractivity contribution in [3.05, 3.63) is 130 Å². The Morgan fingerprint density at radius 2 is 1.49 bits per heavy atom. The Balaban J connectivity index is 1.85. The van der Waals surface area contributed by atoms with Crippen molar-refractivity contribution in [3.63, 3.8) is 0 Å². The molecule has 47 heavy (non-hydrogen) atoms. The Morgan fingerprint density at radius 3 is 2.11 bits per heavy atom. The SMILES string of the molecule is COc1cccc(CN(C(=O)CN(c2cccc([N+](=O)[O-])c2)S(=O)(=O)c2ccccc2)C(Cc2ccccc2)C(=O)NC(C)(C)C)c1. The van der Waals surface area contributed by atoms with Gasteiger partial charge in [0.2, 0.25) is 11.8 Å². The van der Waals surface area contributed by atoms with Crippen LogP contribution in [0, 0.1) is 10.1 Å². The molecule has 1 N–H and O–H groups in total. The topological polar surface area (TPSA) is 139 Å². The molecule has 0 aromatic heterocycles. The van der Waals surface area contributed by atoms with E-state index in [0.717, 1.165) is 15.9 Å². The molecule has 11 nitrogen and oxygen atoms in total. The van der Waals surface area contributed by atoms with Gasteiger partial charge in [-0.1, -0.05) is 66.7 Å². The van der Waals surface area contributed by atoms with Crippen LogP contribution in [0.25, 0.3) is 0 Å². The van der Waals surface area contributed by atoms with Gasteiger partial charge in [0.05, 0.1) is 22.6 Å². The van der Waals surface area contributed by atoms with E-state index >= 15 is 0 Å². The summed E-state index contributed by atoms with van der Waals surface area (Å²) in [5, 5.41) is 14.6. The lowest BCUT2D eigenvalue weighted by Crippen LogP contribution is -2.56. The molecule has 2 amide bonds. The predicted molar refractivity (Wildman–Crippen MR) is 179 cm³/mol. The molecule has 12 heteroatoms. The number of carbonyl (C=O) groups is 2. The highest BCUT2D eigenvalue weighted by Crippen LogP contribution is 2.28. The zero-order valence-corrected chi connectivity index (χ0v) is 27.5. The van der Waals surface area contributed by atoms with Gasteiger partial charge in [-0.25, -0.2) is 8.42 Å². The number of sulfonamides is 1. The quantitative estimate of drug-likeness (QED) is 0.151. The summed E-state index contributed by atoms with van der Waals surface area (Å²) in [5.74, 6) is -0.576. The van der Waals surface area contributed by atoms with Gasteiger partial charge in [-0.15, -0.1) is 0 Å². The van der Waals surface area contributed by atoms with Crippen LogP contribution in [0.4, 0.5) is 11.4 Å². The van der Waals surface area contributed by atoms with Crippen LogP contribution in [-0.4, -0.2) is 55.3 Å². The Bertz CT molecular complexity index is 1810. The number of methoxy groups -OCH3 is 1. The van der Waals surface area contributed by atoms with Crippen LogP contribution in [0.1, 0.15) is 31.9 Å². The van der Waals surface area contributed by atoms with Gasteiger partial charge in [-0.05, 0) is 62.2 Å². The number of rotatable bonds is 13. The predicted octanol–water partition coefficient (Wildman–Crippen LogP) is 5.35. The maximum atomic E-state index is 14.6. The highest BCUT2D eigenvalue weighted by atomic mass is 32.2. The second kappa shape index (κ2) is 14.9. The van der Waals surface area contributed by atoms with Crippen molar-refractivity contribution in [1.29, 1.82) is 0 Å². The minimum atomic E-state index is -4.40. The van der Waals surface area contributed by atoms with Gasteiger partial charge in [0.25, 0.3) is 15.7 Å². The van der Waals surface area contributed by atoms with Crippen molar-refractivity contribution in [3.8, 4) is 5.75 Å². The normalized spacial score (nSPS) is 12.1. The van der Waals surface area contributed by atoms with Crippen molar-refractivity contribution in [2.45, 2.75) is 50.2 Å². The molecule has 0 saturated carbocycles. The lowest BCUT2D eigenvalue weighted by atomic mass is 10.0. The third-order valence-corrected chi connectivity index (χ3v) is 8.98. The first-order chi connectivity index (χ1) is 22.3. The molecule has 0 aliphatic rings. The van der Waals surface area contributed by atoms with E-state index in [4.69, 9.17) is 4.74 Å². The average molecular weight is 659 g/mol. The van der Waals surface area contributed by atoms with Gasteiger partial charge in [-0.3, -0.25) is 24.0 Å². The first-order valence-electron chi connectivity index (χ1n) is 14.9. The number of non-ortho nitro benzene ring substituents is 1. The number of nitro benzene ring substituents is 1. The van der Waals surface area contributed by atoms with E-state index in [1.165, 1.54) is 42.3 Å². The molecule has 0 saturated heterocycles.